The van der Waals surface area contributed by atoms with Crippen LogP contribution in [-0.4, -0.2) is 4.98 Å². The molecule has 35 heavy (non-hydrogen) atoms. The molecule has 2 heteroatoms. The minimum absolute atomic E-state index is 0.874. The number of para-hydroxylation sites is 1. The number of fused-ring (bicyclic) bond motifs is 4. The van der Waals surface area contributed by atoms with Crippen LogP contribution in [0.3, 0.4) is 0 Å². The van der Waals surface area contributed by atoms with Crippen molar-refractivity contribution in [2.45, 2.75) is 0 Å². The van der Waals surface area contributed by atoms with Gasteiger partial charge in [0, 0.05) is 21.9 Å². The Kier molecular flexibility index (Phi) is 4.49. The van der Waals surface area contributed by atoms with E-state index in [1.807, 2.05) is 30.3 Å². The maximum atomic E-state index is 6.35. The monoisotopic (exact) mass is 447 g/mol. The molecule has 0 radical (unpaired) electrons. The molecule has 0 aliphatic carbocycles. The van der Waals surface area contributed by atoms with Crippen LogP contribution in [0.2, 0.25) is 0 Å². The van der Waals surface area contributed by atoms with E-state index in [9.17, 15) is 0 Å². The van der Waals surface area contributed by atoms with Crippen LogP contribution in [-0.2, 0) is 0 Å². The van der Waals surface area contributed by atoms with Gasteiger partial charge < -0.3 is 4.42 Å². The van der Waals surface area contributed by atoms with Crippen LogP contribution in [0.25, 0.3) is 66.4 Å². The van der Waals surface area contributed by atoms with Crippen molar-refractivity contribution in [1.82, 2.24) is 4.98 Å². The highest BCUT2D eigenvalue weighted by atomic mass is 16.3. The van der Waals surface area contributed by atoms with Gasteiger partial charge >= 0.3 is 0 Å². The molecule has 0 aliphatic heterocycles. The largest absolute Gasteiger partial charge is 0.456 e. The fourth-order valence-electron chi connectivity index (χ4n) is 4.95. The zero-order chi connectivity index (χ0) is 23.2. The number of nitrogens with zero attached hydrogens (tertiary/aromatic N) is 1. The molecular weight excluding hydrogens is 426 g/mol. The maximum Gasteiger partial charge on any atom is 0.136 e. The van der Waals surface area contributed by atoms with Gasteiger partial charge in [-0.25, -0.2) is 4.98 Å². The first kappa shape index (κ1) is 19.7. The van der Waals surface area contributed by atoms with Crippen LogP contribution >= 0.6 is 0 Å². The van der Waals surface area contributed by atoms with Crippen LogP contribution in [0.5, 0.6) is 0 Å². The third-order valence-corrected chi connectivity index (χ3v) is 6.66. The van der Waals surface area contributed by atoms with Crippen LogP contribution in [0, 0.1) is 0 Å². The average Bonchev–Trinajstić information content (AvgIpc) is 3.31. The summed E-state index contributed by atoms with van der Waals surface area (Å²) in [6.45, 7) is 0. The lowest BCUT2D eigenvalue weighted by molar-refractivity contribution is 0.669. The molecule has 0 N–H and O–H groups in total. The molecule has 7 aromatic rings. The summed E-state index contributed by atoms with van der Waals surface area (Å²) in [5, 5.41) is 4.66. The quantitative estimate of drug-likeness (QED) is 0.270. The summed E-state index contributed by atoms with van der Waals surface area (Å²) < 4.78 is 6.35. The number of rotatable bonds is 3. The molecule has 0 aliphatic rings. The van der Waals surface area contributed by atoms with Crippen molar-refractivity contribution in [2.75, 3.05) is 0 Å². The molecule has 2 heterocycles. The van der Waals surface area contributed by atoms with Gasteiger partial charge in [0.25, 0.3) is 0 Å². The van der Waals surface area contributed by atoms with Crippen LogP contribution in [0.4, 0.5) is 0 Å². The number of benzene rings is 5. The van der Waals surface area contributed by atoms with Crippen LogP contribution < -0.4 is 0 Å². The van der Waals surface area contributed by atoms with Crippen molar-refractivity contribution in [3.05, 3.63) is 127 Å². The Bertz CT molecular complexity index is 1850. The first-order chi connectivity index (χ1) is 17.3. The third-order valence-electron chi connectivity index (χ3n) is 6.66. The molecule has 0 saturated heterocycles. The fraction of sp³-hybridized carbons (Fsp3) is 0. The van der Waals surface area contributed by atoms with Gasteiger partial charge in [0.1, 0.15) is 11.2 Å². The zero-order valence-corrected chi connectivity index (χ0v) is 19.0. The molecule has 0 spiro atoms. The number of furan rings is 1. The van der Waals surface area contributed by atoms with Gasteiger partial charge in [-0.1, -0.05) is 91.0 Å². The second-order valence-electron chi connectivity index (χ2n) is 8.83. The molecular formula is C33H21NO. The van der Waals surface area contributed by atoms with Crippen molar-refractivity contribution in [2.24, 2.45) is 0 Å². The minimum Gasteiger partial charge on any atom is -0.456 e. The maximum absolute atomic E-state index is 6.35. The topological polar surface area (TPSA) is 26.0 Å². The highest BCUT2D eigenvalue weighted by Gasteiger charge is 2.16. The smallest absolute Gasteiger partial charge is 0.136 e. The van der Waals surface area contributed by atoms with E-state index in [-0.39, 0.29) is 0 Å². The second kappa shape index (κ2) is 7.96. The van der Waals surface area contributed by atoms with Crippen LogP contribution in [0.15, 0.2) is 132 Å². The lowest BCUT2D eigenvalue weighted by atomic mass is 9.95. The summed E-state index contributed by atoms with van der Waals surface area (Å²) in [6.07, 6.45) is 0. The van der Waals surface area contributed by atoms with Crippen molar-refractivity contribution in [1.29, 1.82) is 0 Å². The second-order valence-corrected chi connectivity index (χ2v) is 8.83. The van der Waals surface area contributed by atoms with Crippen molar-refractivity contribution in [3.8, 4) is 33.6 Å². The first-order valence-corrected chi connectivity index (χ1v) is 11.8. The van der Waals surface area contributed by atoms with Gasteiger partial charge in [0.05, 0.1) is 11.4 Å². The minimum atomic E-state index is 0.874. The highest BCUT2D eigenvalue weighted by Crippen LogP contribution is 2.40. The van der Waals surface area contributed by atoms with Crippen molar-refractivity contribution >= 4 is 32.7 Å². The van der Waals surface area contributed by atoms with E-state index < -0.39 is 0 Å². The lowest BCUT2D eigenvalue weighted by Gasteiger charge is -2.10. The predicted molar refractivity (Wildman–Crippen MR) is 145 cm³/mol. The number of aromatic nitrogens is 1. The Labute approximate surface area is 203 Å². The van der Waals surface area contributed by atoms with E-state index in [4.69, 9.17) is 9.40 Å². The average molecular weight is 448 g/mol. The SMILES string of the molecule is c1ccc(-c2cccc(-c3cc(-c4ccc5ccccc5c4)cc4oc5ccccc5c34)n2)cc1. The third kappa shape index (κ3) is 3.39. The Hall–Kier alpha value is -4.69. The summed E-state index contributed by atoms with van der Waals surface area (Å²) in [6, 6.07) is 44.3. The number of hydrogen-bond acceptors (Lipinski definition) is 2. The number of pyridine rings is 1. The van der Waals surface area contributed by atoms with Gasteiger partial charge in [-0.2, -0.15) is 0 Å². The van der Waals surface area contributed by atoms with E-state index >= 15 is 0 Å². The molecule has 2 nitrogen and oxygen atoms in total. The van der Waals surface area contributed by atoms with E-state index in [1.165, 1.54) is 10.8 Å². The normalized spacial score (nSPS) is 11.4. The Morgan fingerprint density at radius 3 is 2.14 bits per heavy atom. The molecule has 0 bridgehead atoms. The van der Waals surface area contributed by atoms with E-state index in [0.29, 0.717) is 0 Å². The van der Waals surface area contributed by atoms with Gasteiger partial charge in [0.2, 0.25) is 0 Å². The van der Waals surface area contributed by atoms with E-state index in [1.54, 1.807) is 0 Å². The highest BCUT2D eigenvalue weighted by molar-refractivity contribution is 6.13. The fourth-order valence-corrected chi connectivity index (χ4v) is 4.95. The summed E-state index contributed by atoms with van der Waals surface area (Å²) in [5.41, 5.74) is 8.11. The summed E-state index contributed by atoms with van der Waals surface area (Å²) >= 11 is 0. The molecule has 2 aromatic heterocycles. The van der Waals surface area contributed by atoms with Gasteiger partial charge in [0.15, 0.2) is 0 Å². The molecule has 0 fully saturated rings. The Morgan fingerprint density at radius 1 is 0.457 bits per heavy atom. The van der Waals surface area contributed by atoms with E-state index in [0.717, 1.165) is 55.6 Å². The molecule has 164 valence electrons. The standard InChI is InChI=1S/C33H21NO/c1-2-10-23(11-3-1)29-14-8-15-30(34-29)28-20-26(25-18-17-22-9-4-5-12-24(22)19-25)21-32-33(28)27-13-6-7-16-31(27)35-32/h1-21H. The van der Waals surface area contributed by atoms with Gasteiger partial charge in [-0.05, 0) is 58.3 Å². The van der Waals surface area contributed by atoms with Gasteiger partial charge in [-0.15, -0.1) is 0 Å². The lowest BCUT2D eigenvalue weighted by Crippen LogP contribution is -1.90. The van der Waals surface area contributed by atoms with Crippen molar-refractivity contribution < 1.29 is 4.42 Å². The molecule has 7 rings (SSSR count). The van der Waals surface area contributed by atoms with E-state index in [2.05, 4.69) is 97.1 Å². The number of hydrogen-bond donors (Lipinski definition) is 0. The summed E-state index contributed by atoms with van der Waals surface area (Å²) in [7, 11) is 0. The Balaban J connectivity index is 1.50. The molecule has 0 atom stereocenters. The summed E-state index contributed by atoms with van der Waals surface area (Å²) in [5.74, 6) is 0. The molecule has 5 aromatic carbocycles. The van der Waals surface area contributed by atoms with Crippen molar-refractivity contribution in [3.63, 3.8) is 0 Å². The summed E-state index contributed by atoms with van der Waals surface area (Å²) in [4.78, 5) is 5.09. The molecule has 0 unspecified atom stereocenters. The Morgan fingerprint density at radius 2 is 1.23 bits per heavy atom. The van der Waals surface area contributed by atoms with Gasteiger partial charge in [-0.3, -0.25) is 0 Å². The molecule has 0 amide bonds. The zero-order valence-electron chi connectivity index (χ0n) is 19.0. The predicted octanol–water partition coefficient (Wildman–Crippen LogP) is 9.14. The molecule has 0 saturated carbocycles. The first-order valence-electron chi connectivity index (χ1n) is 11.8. The van der Waals surface area contributed by atoms with Crippen LogP contribution in [0.1, 0.15) is 0 Å².